The van der Waals surface area contributed by atoms with E-state index in [1.54, 1.807) is 6.07 Å². The minimum Gasteiger partial charge on any atom is -0.439 e. The van der Waals surface area contributed by atoms with Crippen LogP contribution in [0.15, 0.2) is 35.2 Å². The predicted molar refractivity (Wildman–Crippen MR) is 75.1 cm³/mol. The number of aryl methyl sites for hydroxylation is 1. The van der Waals surface area contributed by atoms with Crippen LogP contribution < -0.4 is 4.74 Å². The van der Waals surface area contributed by atoms with Crippen LogP contribution in [0.25, 0.3) is 0 Å². The average molecular weight is 307 g/mol. The number of benzene rings is 1. The van der Waals surface area contributed by atoms with Crippen LogP contribution in [-0.2, 0) is 0 Å². The van der Waals surface area contributed by atoms with Gasteiger partial charge in [0.05, 0.1) is 0 Å². The van der Waals surface area contributed by atoms with Crippen molar-refractivity contribution in [2.24, 2.45) is 0 Å². The maximum atomic E-state index is 5.69. The summed E-state index contributed by atoms with van der Waals surface area (Å²) in [6.07, 6.45) is 1.47. The van der Waals surface area contributed by atoms with Crippen LogP contribution in [0.1, 0.15) is 30.9 Å². The molecule has 0 N–H and O–H groups in total. The van der Waals surface area contributed by atoms with E-state index in [4.69, 9.17) is 4.74 Å². The zero-order valence-corrected chi connectivity index (χ0v) is 12.2. The maximum Gasteiger partial charge on any atom is 0.223 e. The van der Waals surface area contributed by atoms with Crippen molar-refractivity contribution in [2.45, 2.75) is 26.7 Å². The lowest BCUT2D eigenvalue weighted by Gasteiger charge is -2.11. The van der Waals surface area contributed by atoms with E-state index in [1.807, 2.05) is 12.1 Å². The molecule has 0 unspecified atom stereocenters. The van der Waals surface area contributed by atoms with Gasteiger partial charge in [-0.3, -0.25) is 0 Å². The highest BCUT2D eigenvalue weighted by molar-refractivity contribution is 9.10. The topological polar surface area (TPSA) is 35.0 Å². The van der Waals surface area contributed by atoms with Crippen molar-refractivity contribution in [2.75, 3.05) is 0 Å². The van der Waals surface area contributed by atoms with Gasteiger partial charge in [0.2, 0.25) is 5.88 Å². The summed E-state index contributed by atoms with van der Waals surface area (Å²) in [6, 6.07) is 7.85. The normalized spacial score (nSPS) is 10.7. The first kappa shape index (κ1) is 13.0. The van der Waals surface area contributed by atoms with Gasteiger partial charge in [0, 0.05) is 6.07 Å². The van der Waals surface area contributed by atoms with Crippen molar-refractivity contribution in [3.63, 3.8) is 0 Å². The molecular weight excluding hydrogens is 292 g/mol. The lowest BCUT2D eigenvalue weighted by Crippen LogP contribution is -1.94. The van der Waals surface area contributed by atoms with Crippen LogP contribution in [0.4, 0.5) is 0 Å². The Kier molecular flexibility index (Phi) is 3.97. The van der Waals surface area contributed by atoms with E-state index in [9.17, 15) is 0 Å². The zero-order chi connectivity index (χ0) is 13.1. The van der Waals surface area contributed by atoms with Crippen molar-refractivity contribution in [1.29, 1.82) is 0 Å². The van der Waals surface area contributed by atoms with E-state index in [0.717, 1.165) is 5.75 Å². The average Bonchev–Trinajstić information content (AvgIpc) is 2.28. The molecule has 0 aliphatic heterocycles. The van der Waals surface area contributed by atoms with Crippen molar-refractivity contribution in [3.05, 3.63) is 46.3 Å². The Bertz CT molecular complexity index is 555. The molecule has 94 valence electrons. The Morgan fingerprint density at radius 1 is 1.17 bits per heavy atom. The first-order valence-electron chi connectivity index (χ1n) is 5.82. The van der Waals surface area contributed by atoms with Crippen LogP contribution in [0, 0.1) is 6.92 Å². The summed E-state index contributed by atoms with van der Waals surface area (Å²) in [4.78, 5) is 8.02. The van der Waals surface area contributed by atoms with Crippen LogP contribution in [0.2, 0.25) is 0 Å². The Balaban J connectivity index is 2.23. The van der Waals surface area contributed by atoms with Gasteiger partial charge in [-0.1, -0.05) is 19.9 Å². The number of hydrogen-bond donors (Lipinski definition) is 0. The first-order valence-corrected chi connectivity index (χ1v) is 6.61. The molecule has 0 saturated heterocycles. The molecule has 0 fully saturated rings. The Hall–Kier alpha value is -1.42. The van der Waals surface area contributed by atoms with Crippen LogP contribution in [-0.4, -0.2) is 9.97 Å². The number of rotatable bonds is 3. The highest BCUT2D eigenvalue weighted by Crippen LogP contribution is 2.26. The van der Waals surface area contributed by atoms with Gasteiger partial charge in [-0.25, -0.2) is 9.97 Å². The molecule has 0 saturated carbocycles. The molecule has 0 radical (unpaired) electrons. The fraction of sp³-hybridized carbons (Fsp3) is 0.286. The predicted octanol–water partition coefficient (Wildman–Crippen LogP) is 4.46. The standard InChI is InChI=1S/C14H15BrN2O/c1-9(2)12-5-4-11(6-10(12)3)18-14-7-13(15)16-8-17-14/h4-9H,1-3H3. The van der Waals surface area contributed by atoms with Crippen LogP contribution in [0.5, 0.6) is 11.6 Å². The van der Waals surface area contributed by atoms with Crippen molar-refractivity contribution in [3.8, 4) is 11.6 Å². The second kappa shape index (κ2) is 5.48. The summed E-state index contributed by atoms with van der Waals surface area (Å²) in [5.74, 6) is 1.85. The molecule has 1 aromatic carbocycles. The third kappa shape index (κ3) is 3.07. The largest absolute Gasteiger partial charge is 0.439 e. The van der Waals surface area contributed by atoms with Crippen LogP contribution in [0.3, 0.4) is 0 Å². The van der Waals surface area contributed by atoms with Gasteiger partial charge in [-0.15, -0.1) is 0 Å². The second-order valence-corrected chi connectivity index (χ2v) is 5.27. The molecule has 0 atom stereocenters. The number of hydrogen-bond acceptors (Lipinski definition) is 3. The SMILES string of the molecule is Cc1cc(Oc2cc(Br)ncn2)ccc1C(C)C. The fourth-order valence-corrected chi connectivity index (χ4v) is 2.14. The molecule has 2 rings (SSSR count). The van der Waals surface area contributed by atoms with Crippen molar-refractivity contribution >= 4 is 15.9 Å². The number of ether oxygens (including phenoxy) is 1. The minimum absolute atomic E-state index is 0.521. The quantitative estimate of drug-likeness (QED) is 0.785. The smallest absolute Gasteiger partial charge is 0.223 e. The first-order chi connectivity index (χ1) is 8.56. The third-order valence-corrected chi connectivity index (χ3v) is 3.13. The monoisotopic (exact) mass is 306 g/mol. The molecule has 2 aromatic rings. The molecule has 1 aromatic heterocycles. The van der Waals surface area contributed by atoms with Crippen molar-refractivity contribution in [1.82, 2.24) is 9.97 Å². The summed E-state index contributed by atoms with van der Waals surface area (Å²) in [5, 5.41) is 0. The Morgan fingerprint density at radius 2 is 1.94 bits per heavy atom. The fourth-order valence-electron chi connectivity index (χ4n) is 1.85. The summed E-state index contributed by atoms with van der Waals surface area (Å²) in [7, 11) is 0. The Labute approximate surface area is 115 Å². The third-order valence-electron chi connectivity index (χ3n) is 2.69. The summed E-state index contributed by atoms with van der Waals surface area (Å²) >= 11 is 3.29. The number of nitrogens with zero attached hydrogens (tertiary/aromatic N) is 2. The molecule has 0 aliphatic rings. The van der Waals surface area contributed by atoms with Gasteiger partial charge >= 0.3 is 0 Å². The van der Waals surface area contributed by atoms with E-state index < -0.39 is 0 Å². The molecule has 0 bridgehead atoms. The molecule has 0 amide bonds. The van der Waals surface area contributed by atoms with Gasteiger partial charge < -0.3 is 4.74 Å². The number of halogens is 1. The molecule has 3 nitrogen and oxygen atoms in total. The van der Waals surface area contributed by atoms with E-state index in [-0.39, 0.29) is 0 Å². The van der Waals surface area contributed by atoms with Crippen LogP contribution >= 0.6 is 15.9 Å². The van der Waals surface area contributed by atoms with E-state index in [0.29, 0.717) is 16.4 Å². The van der Waals surface area contributed by atoms with Gasteiger partial charge in [-0.05, 0) is 52.0 Å². The van der Waals surface area contributed by atoms with E-state index in [1.165, 1.54) is 17.5 Å². The number of aromatic nitrogens is 2. The Morgan fingerprint density at radius 3 is 2.56 bits per heavy atom. The summed E-state index contributed by atoms with van der Waals surface area (Å²) in [6.45, 7) is 6.47. The molecule has 1 heterocycles. The van der Waals surface area contributed by atoms with Gasteiger partial charge in [-0.2, -0.15) is 0 Å². The molecule has 18 heavy (non-hydrogen) atoms. The van der Waals surface area contributed by atoms with E-state index in [2.05, 4.69) is 52.7 Å². The van der Waals surface area contributed by atoms with Gasteiger partial charge in [0.15, 0.2) is 0 Å². The van der Waals surface area contributed by atoms with Gasteiger partial charge in [0.1, 0.15) is 16.7 Å². The molecular formula is C14H15BrN2O. The zero-order valence-electron chi connectivity index (χ0n) is 10.6. The highest BCUT2D eigenvalue weighted by Gasteiger charge is 2.06. The molecule has 0 aliphatic carbocycles. The minimum atomic E-state index is 0.521. The summed E-state index contributed by atoms with van der Waals surface area (Å²) < 4.78 is 6.40. The van der Waals surface area contributed by atoms with E-state index >= 15 is 0 Å². The summed E-state index contributed by atoms with van der Waals surface area (Å²) in [5.41, 5.74) is 2.57. The highest BCUT2D eigenvalue weighted by atomic mass is 79.9. The molecule has 0 spiro atoms. The maximum absolute atomic E-state index is 5.69. The molecule has 4 heteroatoms. The van der Waals surface area contributed by atoms with Gasteiger partial charge in [0.25, 0.3) is 0 Å². The van der Waals surface area contributed by atoms with Crippen molar-refractivity contribution < 1.29 is 4.74 Å². The lowest BCUT2D eigenvalue weighted by atomic mass is 9.98. The lowest BCUT2D eigenvalue weighted by molar-refractivity contribution is 0.460. The second-order valence-electron chi connectivity index (χ2n) is 4.45.